The highest BCUT2D eigenvalue weighted by atomic mass is 16.5. The van der Waals surface area contributed by atoms with Crippen molar-refractivity contribution in [2.24, 2.45) is 0 Å². The van der Waals surface area contributed by atoms with Gasteiger partial charge in [-0.05, 0) is 30.5 Å². The lowest BCUT2D eigenvalue weighted by Crippen LogP contribution is -2.26. The Balaban J connectivity index is 1.84. The minimum Gasteiger partial charge on any atom is -0.504 e. The summed E-state index contributed by atoms with van der Waals surface area (Å²) >= 11 is 0. The Bertz CT molecular complexity index is 705. The summed E-state index contributed by atoms with van der Waals surface area (Å²) in [5.74, 6) is 1.34. The zero-order valence-corrected chi connectivity index (χ0v) is 12.2. The number of rotatable bonds is 5. The van der Waals surface area contributed by atoms with Crippen molar-refractivity contribution in [2.45, 2.75) is 25.4 Å². The molecule has 6 nitrogen and oxygen atoms in total. The third-order valence-electron chi connectivity index (χ3n) is 3.63. The van der Waals surface area contributed by atoms with E-state index >= 15 is 0 Å². The summed E-state index contributed by atoms with van der Waals surface area (Å²) in [6.45, 7) is 0.655. The first-order valence-electron chi connectivity index (χ1n) is 7.06. The highest BCUT2D eigenvalue weighted by Gasteiger charge is 2.30. The zero-order chi connectivity index (χ0) is 15.5. The van der Waals surface area contributed by atoms with Crippen molar-refractivity contribution in [3.05, 3.63) is 41.9 Å². The van der Waals surface area contributed by atoms with Crippen molar-refractivity contribution in [1.82, 2.24) is 9.97 Å². The number of anilines is 1. The molecule has 6 heteroatoms. The summed E-state index contributed by atoms with van der Waals surface area (Å²) in [7, 11) is 1.53. The predicted molar refractivity (Wildman–Crippen MR) is 80.6 cm³/mol. The molecule has 0 spiro atoms. The standard InChI is InChI=1S/C16H16N4O2/c1-22-15-6-11(2-5-14(15)21)10-20(13-3-4-13)16-9-18-12(7-17)8-19-16/h2,5-6,8-9,13,21H,3-4,10H2,1H3. The van der Waals surface area contributed by atoms with Gasteiger partial charge in [-0.2, -0.15) is 5.26 Å². The summed E-state index contributed by atoms with van der Waals surface area (Å²) in [6, 6.07) is 7.73. The van der Waals surface area contributed by atoms with Gasteiger partial charge in [0.1, 0.15) is 11.9 Å². The minimum absolute atomic E-state index is 0.127. The van der Waals surface area contributed by atoms with Gasteiger partial charge in [-0.15, -0.1) is 0 Å². The van der Waals surface area contributed by atoms with E-state index in [1.54, 1.807) is 12.3 Å². The molecule has 1 fully saturated rings. The lowest BCUT2D eigenvalue weighted by atomic mass is 10.2. The van der Waals surface area contributed by atoms with E-state index in [2.05, 4.69) is 14.9 Å². The number of aromatic nitrogens is 2. The second-order valence-electron chi connectivity index (χ2n) is 5.24. The fraction of sp³-hybridized carbons (Fsp3) is 0.312. The number of hydrogen-bond acceptors (Lipinski definition) is 6. The van der Waals surface area contributed by atoms with Gasteiger partial charge in [0.25, 0.3) is 0 Å². The van der Waals surface area contributed by atoms with Crippen molar-refractivity contribution in [3.63, 3.8) is 0 Å². The smallest absolute Gasteiger partial charge is 0.160 e. The third-order valence-corrected chi connectivity index (χ3v) is 3.63. The minimum atomic E-state index is 0.127. The highest BCUT2D eigenvalue weighted by Crippen LogP contribution is 2.33. The molecule has 2 aromatic rings. The first-order chi connectivity index (χ1) is 10.7. The van der Waals surface area contributed by atoms with Gasteiger partial charge in [0.05, 0.1) is 19.5 Å². The van der Waals surface area contributed by atoms with Crippen LogP contribution < -0.4 is 9.64 Å². The molecule has 3 rings (SSSR count). The van der Waals surface area contributed by atoms with Crippen molar-refractivity contribution < 1.29 is 9.84 Å². The van der Waals surface area contributed by atoms with Crippen molar-refractivity contribution in [1.29, 1.82) is 5.26 Å². The van der Waals surface area contributed by atoms with Gasteiger partial charge in [0.2, 0.25) is 0 Å². The van der Waals surface area contributed by atoms with Gasteiger partial charge in [-0.3, -0.25) is 0 Å². The number of hydrogen-bond donors (Lipinski definition) is 1. The molecule has 0 atom stereocenters. The van der Waals surface area contributed by atoms with Crippen LogP contribution >= 0.6 is 0 Å². The largest absolute Gasteiger partial charge is 0.504 e. The van der Waals surface area contributed by atoms with Crippen LogP contribution in [0, 0.1) is 11.3 Å². The number of nitrogens with zero attached hydrogens (tertiary/aromatic N) is 4. The van der Waals surface area contributed by atoms with E-state index in [0.717, 1.165) is 24.2 Å². The third kappa shape index (κ3) is 2.93. The first kappa shape index (κ1) is 14.1. The molecule has 0 aliphatic heterocycles. The molecule has 112 valence electrons. The van der Waals surface area contributed by atoms with E-state index < -0.39 is 0 Å². The predicted octanol–water partition coefficient (Wildman–Crippen LogP) is 2.23. The Hall–Kier alpha value is -2.81. The van der Waals surface area contributed by atoms with Gasteiger partial charge in [0.15, 0.2) is 17.2 Å². The van der Waals surface area contributed by atoms with Crippen LogP contribution in [0.25, 0.3) is 0 Å². The van der Waals surface area contributed by atoms with Gasteiger partial charge in [0, 0.05) is 12.6 Å². The summed E-state index contributed by atoms with van der Waals surface area (Å²) in [6.07, 6.45) is 5.37. The second kappa shape index (κ2) is 5.90. The van der Waals surface area contributed by atoms with E-state index in [1.165, 1.54) is 13.3 Å². The Morgan fingerprint density at radius 2 is 2.18 bits per heavy atom. The highest BCUT2D eigenvalue weighted by molar-refractivity contribution is 5.46. The van der Waals surface area contributed by atoms with E-state index in [-0.39, 0.29) is 5.75 Å². The summed E-state index contributed by atoms with van der Waals surface area (Å²) in [4.78, 5) is 10.6. The Labute approximate surface area is 128 Å². The van der Waals surface area contributed by atoms with Gasteiger partial charge >= 0.3 is 0 Å². The molecule has 1 aliphatic carbocycles. The fourth-order valence-corrected chi connectivity index (χ4v) is 2.33. The lowest BCUT2D eigenvalue weighted by molar-refractivity contribution is 0.373. The monoisotopic (exact) mass is 296 g/mol. The molecule has 1 heterocycles. The van der Waals surface area contributed by atoms with Gasteiger partial charge in [-0.25, -0.2) is 9.97 Å². The molecular formula is C16H16N4O2. The number of methoxy groups -OCH3 is 1. The Morgan fingerprint density at radius 1 is 1.36 bits per heavy atom. The normalized spacial score (nSPS) is 13.5. The maximum Gasteiger partial charge on any atom is 0.160 e. The van der Waals surface area contributed by atoms with Crippen LogP contribution in [0.5, 0.6) is 11.5 Å². The summed E-state index contributed by atoms with van der Waals surface area (Å²) in [5.41, 5.74) is 1.33. The molecule has 1 N–H and O–H groups in total. The van der Waals surface area contributed by atoms with Crippen LogP contribution in [0.1, 0.15) is 24.1 Å². The number of aromatic hydroxyl groups is 1. The lowest BCUT2D eigenvalue weighted by Gasteiger charge is -2.23. The maximum atomic E-state index is 9.67. The van der Waals surface area contributed by atoms with Crippen LogP contribution in [0.15, 0.2) is 30.6 Å². The molecule has 1 aromatic carbocycles. The van der Waals surface area contributed by atoms with E-state index in [1.807, 2.05) is 18.2 Å². The van der Waals surface area contributed by atoms with Gasteiger partial charge < -0.3 is 14.7 Å². The molecule has 1 saturated carbocycles. The average Bonchev–Trinajstić information content (AvgIpc) is 3.39. The molecule has 22 heavy (non-hydrogen) atoms. The fourth-order valence-electron chi connectivity index (χ4n) is 2.33. The topological polar surface area (TPSA) is 82.3 Å². The van der Waals surface area contributed by atoms with Crippen molar-refractivity contribution in [3.8, 4) is 17.6 Å². The summed E-state index contributed by atoms with van der Waals surface area (Å²) < 4.78 is 5.15. The van der Waals surface area contributed by atoms with Crippen LogP contribution in [-0.4, -0.2) is 28.2 Å². The Kier molecular flexibility index (Phi) is 3.79. The number of phenolic OH excluding ortho intramolecular Hbond substituents is 1. The number of ether oxygens (including phenoxy) is 1. The molecule has 1 aromatic heterocycles. The van der Waals surface area contributed by atoms with E-state index in [9.17, 15) is 5.11 Å². The molecule has 0 unspecified atom stereocenters. The van der Waals surface area contributed by atoms with Crippen LogP contribution in [0.4, 0.5) is 5.82 Å². The van der Waals surface area contributed by atoms with Crippen LogP contribution in [-0.2, 0) is 6.54 Å². The number of benzene rings is 1. The molecular weight excluding hydrogens is 280 g/mol. The molecule has 0 amide bonds. The molecule has 0 saturated heterocycles. The summed E-state index contributed by atoms with van der Waals surface area (Å²) in [5, 5.41) is 18.5. The van der Waals surface area contributed by atoms with Crippen LogP contribution in [0.3, 0.4) is 0 Å². The Morgan fingerprint density at radius 3 is 2.77 bits per heavy atom. The van der Waals surface area contributed by atoms with Crippen LogP contribution in [0.2, 0.25) is 0 Å². The SMILES string of the molecule is COc1cc(CN(c2cnc(C#N)cn2)C2CC2)ccc1O. The molecule has 1 aliphatic rings. The second-order valence-corrected chi connectivity index (χ2v) is 5.24. The molecule has 0 bridgehead atoms. The van der Waals surface area contributed by atoms with Crippen molar-refractivity contribution in [2.75, 3.05) is 12.0 Å². The number of phenols is 1. The molecule has 0 radical (unpaired) electrons. The van der Waals surface area contributed by atoms with Crippen molar-refractivity contribution >= 4 is 5.82 Å². The first-order valence-corrected chi connectivity index (χ1v) is 7.06. The quantitative estimate of drug-likeness (QED) is 0.911. The van der Waals surface area contributed by atoms with E-state index in [0.29, 0.717) is 24.0 Å². The number of nitriles is 1. The average molecular weight is 296 g/mol. The maximum absolute atomic E-state index is 9.67. The van der Waals surface area contributed by atoms with Gasteiger partial charge in [-0.1, -0.05) is 6.07 Å². The van der Waals surface area contributed by atoms with E-state index in [4.69, 9.17) is 10.00 Å². The zero-order valence-electron chi connectivity index (χ0n) is 12.2.